The third-order valence-corrected chi connectivity index (χ3v) is 4.68. The summed E-state index contributed by atoms with van der Waals surface area (Å²) in [6.45, 7) is 3.51. The van der Waals surface area contributed by atoms with E-state index in [2.05, 4.69) is 10.3 Å². The zero-order valence-corrected chi connectivity index (χ0v) is 15.5. The first-order valence-corrected chi connectivity index (χ1v) is 8.99. The number of hydrogen-bond donors (Lipinski definition) is 1. The number of hydrogen-bond acceptors (Lipinski definition) is 5. The molecule has 0 spiro atoms. The number of carbonyl (C=O) groups is 1. The van der Waals surface area contributed by atoms with Crippen LogP contribution in [0.1, 0.15) is 17.4 Å². The number of carbonyl (C=O) groups excluding carboxylic acids is 1. The summed E-state index contributed by atoms with van der Waals surface area (Å²) < 4.78 is 18.7. The number of nitrogens with zero attached hydrogens (tertiary/aromatic N) is 2. The first-order valence-electron chi connectivity index (χ1n) is 8.17. The molecule has 0 aliphatic heterocycles. The van der Waals surface area contributed by atoms with Crippen LogP contribution in [-0.4, -0.2) is 17.0 Å². The molecule has 1 heterocycles. The Bertz CT molecular complexity index is 1010. The average Bonchev–Trinajstić information content (AvgIpc) is 3.02. The second kappa shape index (κ2) is 7.98. The first kappa shape index (κ1) is 18.5. The zero-order chi connectivity index (χ0) is 19.4. The summed E-state index contributed by atoms with van der Waals surface area (Å²) >= 11 is 1.34. The maximum Gasteiger partial charge on any atom is 0.266 e. The molecule has 1 aromatic heterocycles. The smallest absolute Gasteiger partial charge is 0.266 e. The number of anilines is 1. The Balaban J connectivity index is 1.69. The molecule has 27 heavy (non-hydrogen) atoms. The summed E-state index contributed by atoms with van der Waals surface area (Å²) in [7, 11) is 0. The molecule has 3 aromatic rings. The lowest BCUT2D eigenvalue weighted by atomic mass is 10.1. The number of aryl methyl sites for hydroxylation is 1. The normalized spacial score (nSPS) is 11.5. The van der Waals surface area contributed by atoms with E-state index in [9.17, 15) is 9.18 Å². The van der Waals surface area contributed by atoms with Gasteiger partial charge in [-0.25, -0.2) is 9.37 Å². The molecule has 5 nitrogen and oxygen atoms in total. The van der Waals surface area contributed by atoms with Gasteiger partial charge >= 0.3 is 0 Å². The van der Waals surface area contributed by atoms with Gasteiger partial charge in [0.1, 0.15) is 11.6 Å². The van der Waals surface area contributed by atoms with Crippen molar-refractivity contribution in [3.63, 3.8) is 0 Å². The Hall–Kier alpha value is -3.24. The van der Waals surface area contributed by atoms with Gasteiger partial charge in [0, 0.05) is 10.4 Å². The summed E-state index contributed by atoms with van der Waals surface area (Å²) in [5, 5.41) is 12.1. The van der Waals surface area contributed by atoms with E-state index in [1.165, 1.54) is 23.5 Å². The highest BCUT2D eigenvalue weighted by Crippen LogP contribution is 2.30. The number of rotatable bonds is 5. The minimum absolute atomic E-state index is 0.313. The summed E-state index contributed by atoms with van der Waals surface area (Å²) in [6, 6.07) is 14.7. The monoisotopic (exact) mass is 381 g/mol. The molecule has 136 valence electrons. The van der Waals surface area contributed by atoms with Crippen LogP contribution in [0.3, 0.4) is 0 Å². The summed E-state index contributed by atoms with van der Waals surface area (Å²) in [5.41, 5.74) is 1.94. The van der Waals surface area contributed by atoms with Crippen molar-refractivity contribution in [3.05, 3.63) is 64.8 Å². The number of amides is 1. The van der Waals surface area contributed by atoms with Crippen molar-refractivity contribution in [3.8, 4) is 23.1 Å². The van der Waals surface area contributed by atoms with E-state index < -0.39 is 6.10 Å². The van der Waals surface area contributed by atoms with Crippen LogP contribution in [0.4, 0.5) is 9.52 Å². The average molecular weight is 381 g/mol. The molecule has 3 rings (SSSR count). The summed E-state index contributed by atoms with van der Waals surface area (Å²) in [4.78, 5) is 17.7. The molecule has 0 radical (unpaired) electrons. The lowest BCUT2D eigenvalue weighted by Crippen LogP contribution is -2.30. The second-order valence-electron chi connectivity index (χ2n) is 5.82. The van der Waals surface area contributed by atoms with Gasteiger partial charge < -0.3 is 4.74 Å². The fourth-order valence-corrected chi connectivity index (χ4v) is 3.27. The van der Waals surface area contributed by atoms with Crippen LogP contribution in [0.15, 0.2) is 48.5 Å². The van der Waals surface area contributed by atoms with Crippen LogP contribution in [0.2, 0.25) is 0 Å². The molecule has 1 unspecified atom stereocenters. The van der Waals surface area contributed by atoms with Crippen LogP contribution in [-0.2, 0) is 4.79 Å². The number of thiazole rings is 1. The van der Waals surface area contributed by atoms with Gasteiger partial charge in [-0.2, -0.15) is 5.26 Å². The Morgan fingerprint density at radius 3 is 2.74 bits per heavy atom. The summed E-state index contributed by atoms with van der Waals surface area (Å²) in [6.07, 6.45) is -0.766. The molecule has 0 bridgehead atoms. The topological polar surface area (TPSA) is 75.0 Å². The molecule has 7 heteroatoms. The Morgan fingerprint density at radius 2 is 2.04 bits per heavy atom. The standard InChI is InChI=1S/C20H16FN3O2S/c1-12(26-17-5-3-4-14(10-17)11-22)19(25)24-20-23-18(13(2)27-20)15-6-8-16(21)9-7-15/h3-10,12H,1-2H3,(H,23,24,25). The Kier molecular flexibility index (Phi) is 5.48. The molecule has 2 aromatic carbocycles. The highest BCUT2D eigenvalue weighted by molar-refractivity contribution is 7.16. The molecule has 0 aliphatic carbocycles. The van der Waals surface area contributed by atoms with Crippen LogP contribution in [0, 0.1) is 24.1 Å². The summed E-state index contributed by atoms with van der Waals surface area (Å²) in [5.74, 6) is -0.220. The number of nitriles is 1. The largest absolute Gasteiger partial charge is 0.481 e. The fraction of sp³-hybridized carbons (Fsp3) is 0.150. The van der Waals surface area contributed by atoms with Crippen LogP contribution < -0.4 is 10.1 Å². The number of ether oxygens (including phenoxy) is 1. The maximum atomic E-state index is 13.1. The van der Waals surface area contributed by atoms with Crippen molar-refractivity contribution in [2.75, 3.05) is 5.32 Å². The number of halogens is 1. The molecule has 1 N–H and O–H groups in total. The quantitative estimate of drug-likeness (QED) is 0.704. The van der Waals surface area contributed by atoms with Crippen molar-refractivity contribution < 1.29 is 13.9 Å². The van der Waals surface area contributed by atoms with E-state index in [0.717, 1.165) is 10.4 Å². The van der Waals surface area contributed by atoms with Crippen molar-refractivity contribution >= 4 is 22.4 Å². The van der Waals surface area contributed by atoms with Gasteiger partial charge in [0.05, 0.1) is 17.3 Å². The predicted molar refractivity (Wildman–Crippen MR) is 102 cm³/mol. The van der Waals surface area contributed by atoms with E-state index >= 15 is 0 Å². The van der Waals surface area contributed by atoms with Crippen molar-refractivity contribution in [1.82, 2.24) is 4.98 Å². The molecule has 0 aliphatic rings. The molecule has 0 fully saturated rings. The van der Waals surface area contributed by atoms with Gasteiger partial charge in [-0.15, -0.1) is 11.3 Å². The molecular formula is C20H16FN3O2S. The van der Waals surface area contributed by atoms with E-state index in [4.69, 9.17) is 10.00 Å². The minimum Gasteiger partial charge on any atom is -0.481 e. The fourth-order valence-electron chi connectivity index (χ4n) is 2.43. The van der Waals surface area contributed by atoms with E-state index in [1.54, 1.807) is 43.3 Å². The van der Waals surface area contributed by atoms with Crippen LogP contribution in [0.5, 0.6) is 5.75 Å². The van der Waals surface area contributed by atoms with Crippen molar-refractivity contribution in [1.29, 1.82) is 5.26 Å². The van der Waals surface area contributed by atoms with Crippen molar-refractivity contribution in [2.24, 2.45) is 0 Å². The predicted octanol–water partition coefficient (Wildman–Crippen LogP) is 4.54. The zero-order valence-electron chi connectivity index (χ0n) is 14.7. The first-order chi connectivity index (χ1) is 13.0. The third-order valence-electron chi connectivity index (χ3n) is 3.79. The second-order valence-corrected chi connectivity index (χ2v) is 7.02. The molecule has 0 saturated heterocycles. The molecule has 1 atom stereocenters. The maximum absolute atomic E-state index is 13.1. The van der Waals surface area contributed by atoms with Gasteiger partial charge in [0.15, 0.2) is 11.2 Å². The SMILES string of the molecule is Cc1sc(NC(=O)C(C)Oc2cccc(C#N)c2)nc1-c1ccc(F)cc1. The van der Waals surface area contributed by atoms with Gasteiger partial charge in [-0.1, -0.05) is 6.07 Å². The number of nitrogens with one attached hydrogen (secondary N) is 1. The van der Waals surface area contributed by atoms with Crippen molar-refractivity contribution in [2.45, 2.75) is 20.0 Å². The third kappa shape index (κ3) is 4.49. The van der Waals surface area contributed by atoms with Gasteiger partial charge in [0.2, 0.25) is 0 Å². The number of benzene rings is 2. The van der Waals surface area contributed by atoms with E-state index in [1.807, 2.05) is 13.0 Å². The lowest BCUT2D eigenvalue weighted by molar-refractivity contribution is -0.122. The van der Waals surface area contributed by atoms with Gasteiger partial charge in [-0.3, -0.25) is 10.1 Å². The lowest BCUT2D eigenvalue weighted by Gasteiger charge is -2.13. The Morgan fingerprint density at radius 1 is 1.30 bits per heavy atom. The Labute approximate surface area is 160 Å². The van der Waals surface area contributed by atoms with E-state index in [-0.39, 0.29) is 11.7 Å². The minimum atomic E-state index is -0.766. The highest BCUT2D eigenvalue weighted by atomic mass is 32.1. The molecular weight excluding hydrogens is 365 g/mol. The highest BCUT2D eigenvalue weighted by Gasteiger charge is 2.18. The van der Waals surface area contributed by atoms with Crippen LogP contribution >= 0.6 is 11.3 Å². The molecule has 0 saturated carbocycles. The van der Waals surface area contributed by atoms with Gasteiger partial charge in [-0.05, 0) is 56.3 Å². The van der Waals surface area contributed by atoms with Crippen LogP contribution in [0.25, 0.3) is 11.3 Å². The molecule has 1 amide bonds. The number of aromatic nitrogens is 1. The van der Waals surface area contributed by atoms with Gasteiger partial charge in [0.25, 0.3) is 5.91 Å². The van der Waals surface area contributed by atoms with E-state index in [0.29, 0.717) is 22.1 Å².